The molecule has 2 N–H and O–H groups in total. The number of ether oxygens (including phenoxy) is 2. The average Bonchev–Trinajstić information content (AvgIpc) is 2.59. The number of nitrogens with zero attached hydrogens (tertiary/aromatic N) is 2. The van der Waals surface area contributed by atoms with Crippen molar-refractivity contribution in [3.8, 4) is 5.75 Å². The number of hydrogen-bond donors (Lipinski definition) is 2. The maximum absolute atomic E-state index is 6.26. The third kappa shape index (κ3) is 5.85. The van der Waals surface area contributed by atoms with Gasteiger partial charge in [-0.1, -0.05) is 17.7 Å². The van der Waals surface area contributed by atoms with Crippen molar-refractivity contribution in [2.75, 3.05) is 54.0 Å². The van der Waals surface area contributed by atoms with Crippen LogP contribution >= 0.6 is 11.6 Å². The van der Waals surface area contributed by atoms with Crippen LogP contribution in [-0.2, 0) is 11.2 Å². The smallest absolute Gasteiger partial charge is 0.191 e. The van der Waals surface area contributed by atoms with E-state index in [1.165, 1.54) is 0 Å². The molecule has 1 atom stereocenters. The summed E-state index contributed by atoms with van der Waals surface area (Å²) in [5.41, 5.74) is 1.08. The second-order valence-electron chi connectivity index (χ2n) is 5.84. The van der Waals surface area contributed by atoms with E-state index in [-0.39, 0.29) is 6.10 Å². The number of likely N-dealkylation sites (N-methyl/N-ethyl adjacent to an activating group) is 1. The summed E-state index contributed by atoms with van der Waals surface area (Å²) in [6.45, 7) is 4.20. The Bertz CT molecular complexity index is 553. The lowest BCUT2D eigenvalue weighted by Crippen LogP contribution is -2.48. The number of rotatable bonds is 6. The van der Waals surface area contributed by atoms with Crippen molar-refractivity contribution >= 4 is 17.6 Å². The number of methoxy groups -OCH3 is 1. The number of morpholine rings is 1. The first-order valence-corrected chi connectivity index (χ1v) is 8.57. The highest BCUT2D eigenvalue weighted by Crippen LogP contribution is 2.22. The molecule has 0 spiro atoms. The van der Waals surface area contributed by atoms with E-state index in [1.54, 1.807) is 14.2 Å². The van der Waals surface area contributed by atoms with Crippen LogP contribution in [0.3, 0.4) is 0 Å². The molecule has 24 heavy (non-hydrogen) atoms. The van der Waals surface area contributed by atoms with Crippen molar-refractivity contribution < 1.29 is 9.47 Å². The summed E-state index contributed by atoms with van der Waals surface area (Å²) in [4.78, 5) is 6.52. The molecule has 2 rings (SSSR count). The van der Waals surface area contributed by atoms with Crippen molar-refractivity contribution in [1.29, 1.82) is 0 Å². The highest BCUT2D eigenvalue weighted by Gasteiger charge is 2.17. The number of aliphatic imine (C=N–C) groups is 1. The SMILES string of the molecule is CN=C(NCCc1ccc(OC)cc1Cl)NCC1CN(C)CCO1. The van der Waals surface area contributed by atoms with E-state index >= 15 is 0 Å². The standard InChI is InChI=1S/C17H27ClN4O2/c1-19-17(21-11-15-12-22(2)8-9-24-15)20-7-6-13-4-5-14(23-3)10-16(13)18/h4-5,10,15H,6-9,11-12H2,1-3H3,(H2,19,20,21). The number of guanidine groups is 1. The topological polar surface area (TPSA) is 58.1 Å². The van der Waals surface area contributed by atoms with E-state index in [9.17, 15) is 0 Å². The van der Waals surface area contributed by atoms with Crippen LogP contribution in [0.2, 0.25) is 5.02 Å². The molecule has 0 radical (unpaired) electrons. The Kier molecular flexibility index (Phi) is 7.62. The molecule has 0 aromatic heterocycles. The largest absolute Gasteiger partial charge is 0.497 e. The number of nitrogens with one attached hydrogen (secondary N) is 2. The van der Waals surface area contributed by atoms with Gasteiger partial charge in [0, 0.05) is 38.2 Å². The first-order chi connectivity index (χ1) is 11.6. The summed E-state index contributed by atoms with van der Waals surface area (Å²) in [5, 5.41) is 7.34. The van der Waals surface area contributed by atoms with E-state index in [0.29, 0.717) is 0 Å². The third-order valence-corrected chi connectivity index (χ3v) is 4.36. The summed E-state index contributed by atoms with van der Waals surface area (Å²) in [5.74, 6) is 1.54. The van der Waals surface area contributed by atoms with Crippen LogP contribution < -0.4 is 15.4 Å². The van der Waals surface area contributed by atoms with E-state index in [4.69, 9.17) is 21.1 Å². The Hall–Kier alpha value is -1.50. The van der Waals surface area contributed by atoms with Gasteiger partial charge in [-0.15, -0.1) is 0 Å². The second kappa shape index (κ2) is 9.71. The van der Waals surface area contributed by atoms with Gasteiger partial charge in [0.25, 0.3) is 0 Å². The van der Waals surface area contributed by atoms with Gasteiger partial charge in [0.2, 0.25) is 0 Å². The monoisotopic (exact) mass is 354 g/mol. The van der Waals surface area contributed by atoms with Gasteiger partial charge >= 0.3 is 0 Å². The summed E-state index contributed by atoms with van der Waals surface area (Å²) < 4.78 is 10.9. The molecule has 1 heterocycles. The van der Waals surface area contributed by atoms with E-state index < -0.39 is 0 Å². The maximum atomic E-state index is 6.26. The second-order valence-corrected chi connectivity index (χ2v) is 6.25. The van der Waals surface area contributed by atoms with Crippen LogP contribution in [0, 0.1) is 0 Å². The minimum atomic E-state index is 0.193. The van der Waals surface area contributed by atoms with Crippen molar-refractivity contribution in [1.82, 2.24) is 15.5 Å². The minimum Gasteiger partial charge on any atom is -0.497 e. The zero-order valence-electron chi connectivity index (χ0n) is 14.6. The first kappa shape index (κ1) is 18.8. The van der Waals surface area contributed by atoms with Crippen LogP contribution in [0.25, 0.3) is 0 Å². The van der Waals surface area contributed by atoms with Gasteiger partial charge in [-0.05, 0) is 31.2 Å². The summed E-state index contributed by atoms with van der Waals surface area (Å²) in [7, 11) is 5.51. The lowest BCUT2D eigenvalue weighted by molar-refractivity contribution is -0.0161. The van der Waals surface area contributed by atoms with Crippen LogP contribution in [0.15, 0.2) is 23.2 Å². The molecular weight excluding hydrogens is 328 g/mol. The summed E-state index contributed by atoms with van der Waals surface area (Å²) >= 11 is 6.26. The predicted octanol–water partition coefficient (Wildman–Crippen LogP) is 1.39. The van der Waals surface area contributed by atoms with Gasteiger partial charge < -0.3 is 25.0 Å². The highest BCUT2D eigenvalue weighted by atomic mass is 35.5. The molecule has 1 aromatic rings. The van der Waals surface area contributed by atoms with E-state index in [1.807, 2.05) is 18.2 Å². The maximum Gasteiger partial charge on any atom is 0.191 e. The number of benzene rings is 1. The van der Waals surface area contributed by atoms with Gasteiger partial charge in [0.05, 0.1) is 19.8 Å². The molecule has 0 bridgehead atoms. The average molecular weight is 355 g/mol. The molecule has 1 aliphatic heterocycles. The molecule has 1 saturated heterocycles. The fourth-order valence-electron chi connectivity index (χ4n) is 2.59. The van der Waals surface area contributed by atoms with Crippen molar-refractivity contribution in [2.24, 2.45) is 4.99 Å². The zero-order chi connectivity index (χ0) is 17.4. The van der Waals surface area contributed by atoms with Gasteiger partial charge in [-0.25, -0.2) is 0 Å². The summed E-state index contributed by atoms with van der Waals surface area (Å²) in [6, 6.07) is 5.75. The molecule has 1 aromatic carbocycles. The Morgan fingerprint density at radius 1 is 1.46 bits per heavy atom. The van der Waals surface area contributed by atoms with E-state index in [0.717, 1.165) is 61.5 Å². The van der Waals surface area contributed by atoms with Gasteiger partial charge in [0.1, 0.15) is 5.75 Å². The molecule has 1 unspecified atom stereocenters. The molecule has 0 saturated carbocycles. The quantitative estimate of drug-likeness (QED) is 0.597. The zero-order valence-corrected chi connectivity index (χ0v) is 15.4. The van der Waals surface area contributed by atoms with Gasteiger partial charge in [-0.3, -0.25) is 4.99 Å². The Morgan fingerprint density at radius 2 is 2.29 bits per heavy atom. The molecule has 1 fully saturated rings. The van der Waals surface area contributed by atoms with Crippen LogP contribution in [0.5, 0.6) is 5.75 Å². The number of halogens is 1. The van der Waals surface area contributed by atoms with E-state index in [2.05, 4.69) is 27.6 Å². The Labute approximate surface area is 149 Å². The minimum absolute atomic E-state index is 0.193. The van der Waals surface area contributed by atoms with Crippen molar-refractivity contribution in [2.45, 2.75) is 12.5 Å². The van der Waals surface area contributed by atoms with Gasteiger partial charge in [0.15, 0.2) is 5.96 Å². The Balaban J connectivity index is 1.73. The lowest BCUT2D eigenvalue weighted by atomic mass is 10.1. The predicted molar refractivity (Wildman–Crippen MR) is 98.3 cm³/mol. The van der Waals surface area contributed by atoms with Crippen LogP contribution in [0.4, 0.5) is 0 Å². The lowest BCUT2D eigenvalue weighted by Gasteiger charge is -2.30. The first-order valence-electron chi connectivity index (χ1n) is 8.19. The van der Waals surface area contributed by atoms with Gasteiger partial charge in [-0.2, -0.15) is 0 Å². The third-order valence-electron chi connectivity index (χ3n) is 4.01. The molecule has 6 nitrogen and oxygen atoms in total. The molecule has 1 aliphatic rings. The summed E-state index contributed by atoms with van der Waals surface area (Å²) in [6.07, 6.45) is 1.00. The van der Waals surface area contributed by atoms with Crippen molar-refractivity contribution in [3.63, 3.8) is 0 Å². The molecular formula is C17H27ClN4O2. The fraction of sp³-hybridized carbons (Fsp3) is 0.588. The van der Waals surface area contributed by atoms with Crippen LogP contribution in [-0.4, -0.2) is 71.0 Å². The molecule has 7 heteroatoms. The van der Waals surface area contributed by atoms with Crippen molar-refractivity contribution in [3.05, 3.63) is 28.8 Å². The molecule has 134 valence electrons. The Morgan fingerprint density at radius 3 is 2.96 bits per heavy atom. The highest BCUT2D eigenvalue weighted by molar-refractivity contribution is 6.31. The normalized spacial score (nSPS) is 19.2. The molecule has 0 amide bonds. The fourth-order valence-corrected chi connectivity index (χ4v) is 2.86. The number of hydrogen-bond acceptors (Lipinski definition) is 4. The molecule has 0 aliphatic carbocycles. The van der Waals surface area contributed by atoms with Crippen LogP contribution in [0.1, 0.15) is 5.56 Å².